The second kappa shape index (κ2) is 8.37. The Bertz CT molecular complexity index is 1060. The van der Waals surface area contributed by atoms with E-state index >= 15 is 0 Å². The van der Waals surface area contributed by atoms with Crippen LogP contribution < -0.4 is 10.0 Å². The number of benzene rings is 3. The van der Waals surface area contributed by atoms with Gasteiger partial charge in [-0.25, -0.2) is 8.42 Å². The van der Waals surface area contributed by atoms with Crippen LogP contribution >= 0.6 is 0 Å². The lowest BCUT2D eigenvalue weighted by Crippen LogP contribution is -2.30. The van der Waals surface area contributed by atoms with Crippen molar-refractivity contribution >= 4 is 21.6 Å². The first-order chi connectivity index (χ1) is 13.4. The predicted molar refractivity (Wildman–Crippen MR) is 111 cm³/mol. The molecular formula is C22H22N2O3S. The molecule has 1 atom stereocenters. The number of rotatable bonds is 6. The molecule has 0 spiro atoms. The van der Waals surface area contributed by atoms with Crippen molar-refractivity contribution in [3.8, 4) is 0 Å². The SMILES string of the molecule is CC(=O)Nc1ccc(S(=O)(=O)N[C@H](c2ccccc2)c2ccccc2C)cc1. The Morgan fingerprint density at radius 2 is 1.46 bits per heavy atom. The van der Waals surface area contributed by atoms with Gasteiger partial charge in [0, 0.05) is 12.6 Å². The Balaban J connectivity index is 1.96. The van der Waals surface area contributed by atoms with Gasteiger partial charge in [0.1, 0.15) is 0 Å². The van der Waals surface area contributed by atoms with E-state index in [9.17, 15) is 13.2 Å². The normalized spacial score (nSPS) is 12.4. The van der Waals surface area contributed by atoms with Crippen molar-refractivity contribution in [2.75, 3.05) is 5.32 Å². The third-order valence-corrected chi connectivity index (χ3v) is 5.83. The molecule has 0 saturated carbocycles. The van der Waals surface area contributed by atoms with Crippen LogP contribution in [0.1, 0.15) is 29.7 Å². The highest BCUT2D eigenvalue weighted by molar-refractivity contribution is 7.89. The number of hydrogen-bond acceptors (Lipinski definition) is 3. The maximum absolute atomic E-state index is 13.0. The highest BCUT2D eigenvalue weighted by Gasteiger charge is 2.24. The molecule has 0 heterocycles. The summed E-state index contributed by atoms with van der Waals surface area (Å²) < 4.78 is 28.9. The summed E-state index contributed by atoms with van der Waals surface area (Å²) >= 11 is 0. The van der Waals surface area contributed by atoms with Gasteiger partial charge in [-0.05, 0) is 47.9 Å². The number of hydrogen-bond donors (Lipinski definition) is 2. The van der Waals surface area contributed by atoms with Crippen LogP contribution in [0.5, 0.6) is 0 Å². The van der Waals surface area contributed by atoms with Gasteiger partial charge in [0.15, 0.2) is 0 Å². The van der Waals surface area contributed by atoms with Crippen LogP contribution in [-0.4, -0.2) is 14.3 Å². The van der Waals surface area contributed by atoms with E-state index < -0.39 is 16.1 Å². The zero-order valence-electron chi connectivity index (χ0n) is 15.7. The molecule has 0 aliphatic heterocycles. The minimum absolute atomic E-state index is 0.135. The number of carbonyl (C=O) groups is 1. The number of amides is 1. The molecule has 28 heavy (non-hydrogen) atoms. The highest BCUT2D eigenvalue weighted by atomic mass is 32.2. The van der Waals surface area contributed by atoms with E-state index in [0.717, 1.165) is 16.7 Å². The fraction of sp³-hybridized carbons (Fsp3) is 0.136. The maximum Gasteiger partial charge on any atom is 0.241 e. The topological polar surface area (TPSA) is 75.3 Å². The van der Waals surface area contributed by atoms with E-state index in [4.69, 9.17) is 0 Å². The molecule has 0 aromatic heterocycles. The maximum atomic E-state index is 13.0. The molecule has 2 N–H and O–H groups in total. The average molecular weight is 394 g/mol. The number of carbonyl (C=O) groups excluding carboxylic acids is 1. The van der Waals surface area contributed by atoms with Crippen LogP contribution in [0.2, 0.25) is 0 Å². The van der Waals surface area contributed by atoms with E-state index in [1.54, 1.807) is 12.1 Å². The quantitative estimate of drug-likeness (QED) is 0.663. The standard InChI is InChI=1S/C22H22N2O3S/c1-16-8-6-7-11-21(16)22(18-9-4-3-5-10-18)24-28(26,27)20-14-12-19(13-15-20)23-17(2)25/h3-15,22,24H,1-2H3,(H,23,25)/t22-/m1/s1. The van der Waals surface area contributed by atoms with Crippen LogP contribution in [0.25, 0.3) is 0 Å². The van der Waals surface area contributed by atoms with E-state index in [-0.39, 0.29) is 10.8 Å². The lowest BCUT2D eigenvalue weighted by molar-refractivity contribution is -0.114. The Labute approximate surface area is 165 Å². The highest BCUT2D eigenvalue weighted by Crippen LogP contribution is 2.27. The second-order valence-electron chi connectivity index (χ2n) is 6.53. The number of sulfonamides is 1. The van der Waals surface area contributed by atoms with Gasteiger partial charge in [-0.3, -0.25) is 4.79 Å². The van der Waals surface area contributed by atoms with Crippen molar-refractivity contribution in [1.29, 1.82) is 0 Å². The van der Waals surface area contributed by atoms with Crippen LogP contribution in [-0.2, 0) is 14.8 Å². The summed E-state index contributed by atoms with van der Waals surface area (Å²) in [6, 6.07) is 22.8. The summed E-state index contributed by atoms with van der Waals surface area (Å²) in [4.78, 5) is 11.3. The summed E-state index contributed by atoms with van der Waals surface area (Å²) in [6.45, 7) is 3.36. The third-order valence-electron chi connectivity index (χ3n) is 4.39. The zero-order valence-corrected chi connectivity index (χ0v) is 16.5. The van der Waals surface area contributed by atoms with Gasteiger partial charge in [-0.2, -0.15) is 4.72 Å². The fourth-order valence-electron chi connectivity index (χ4n) is 3.01. The second-order valence-corrected chi connectivity index (χ2v) is 8.24. The van der Waals surface area contributed by atoms with E-state index in [2.05, 4.69) is 10.0 Å². The average Bonchev–Trinajstić information content (AvgIpc) is 2.67. The van der Waals surface area contributed by atoms with E-state index in [1.165, 1.54) is 19.1 Å². The lowest BCUT2D eigenvalue weighted by atomic mass is 9.96. The Kier molecular flexibility index (Phi) is 5.92. The van der Waals surface area contributed by atoms with Crippen molar-refractivity contribution < 1.29 is 13.2 Å². The summed E-state index contributed by atoms with van der Waals surface area (Å²) in [5, 5.41) is 2.63. The first kappa shape index (κ1) is 19.8. The Morgan fingerprint density at radius 3 is 2.07 bits per heavy atom. The Hall–Kier alpha value is -2.96. The largest absolute Gasteiger partial charge is 0.326 e. The summed E-state index contributed by atoms with van der Waals surface area (Å²) in [7, 11) is -3.78. The molecule has 0 fully saturated rings. The predicted octanol–water partition coefficient (Wildman–Crippen LogP) is 4.02. The van der Waals surface area contributed by atoms with Crippen LogP contribution in [0.15, 0.2) is 83.8 Å². The molecular weight excluding hydrogens is 372 g/mol. The molecule has 0 aliphatic carbocycles. The number of anilines is 1. The van der Waals surface area contributed by atoms with Gasteiger partial charge in [0.25, 0.3) is 0 Å². The van der Waals surface area contributed by atoms with Crippen LogP contribution in [0.3, 0.4) is 0 Å². The van der Waals surface area contributed by atoms with Gasteiger partial charge in [-0.1, -0.05) is 54.6 Å². The first-order valence-corrected chi connectivity index (χ1v) is 10.4. The van der Waals surface area contributed by atoms with Gasteiger partial charge in [0.2, 0.25) is 15.9 Å². The molecule has 6 heteroatoms. The van der Waals surface area contributed by atoms with Crippen LogP contribution in [0, 0.1) is 6.92 Å². The van der Waals surface area contributed by atoms with Crippen LogP contribution in [0.4, 0.5) is 5.69 Å². The Morgan fingerprint density at radius 1 is 0.857 bits per heavy atom. The summed E-state index contributed by atoms with van der Waals surface area (Å²) in [5.41, 5.74) is 3.30. The monoisotopic (exact) mass is 394 g/mol. The fourth-order valence-corrected chi connectivity index (χ4v) is 4.21. The van der Waals surface area contributed by atoms with Gasteiger partial charge >= 0.3 is 0 Å². The molecule has 3 aromatic rings. The molecule has 3 aromatic carbocycles. The van der Waals surface area contributed by atoms with Crippen molar-refractivity contribution in [2.24, 2.45) is 0 Å². The van der Waals surface area contributed by atoms with E-state index in [0.29, 0.717) is 5.69 Å². The minimum Gasteiger partial charge on any atom is -0.326 e. The van der Waals surface area contributed by atoms with Crippen molar-refractivity contribution in [3.63, 3.8) is 0 Å². The number of nitrogens with one attached hydrogen (secondary N) is 2. The summed E-state index contributed by atoms with van der Waals surface area (Å²) in [5.74, 6) is -0.211. The molecule has 3 rings (SSSR count). The lowest BCUT2D eigenvalue weighted by Gasteiger charge is -2.21. The van der Waals surface area contributed by atoms with Gasteiger partial charge < -0.3 is 5.32 Å². The molecule has 5 nitrogen and oxygen atoms in total. The molecule has 144 valence electrons. The summed E-state index contributed by atoms with van der Waals surface area (Å²) in [6.07, 6.45) is 0. The van der Waals surface area contributed by atoms with Gasteiger partial charge in [-0.15, -0.1) is 0 Å². The molecule has 0 unspecified atom stereocenters. The molecule has 0 aliphatic rings. The molecule has 0 radical (unpaired) electrons. The minimum atomic E-state index is -3.78. The molecule has 0 bridgehead atoms. The number of aryl methyl sites for hydroxylation is 1. The first-order valence-electron chi connectivity index (χ1n) is 8.87. The third kappa shape index (κ3) is 4.65. The molecule has 0 saturated heterocycles. The molecule has 1 amide bonds. The zero-order chi connectivity index (χ0) is 20.1. The van der Waals surface area contributed by atoms with Crippen molar-refractivity contribution in [1.82, 2.24) is 4.72 Å². The van der Waals surface area contributed by atoms with Gasteiger partial charge in [0.05, 0.1) is 10.9 Å². The van der Waals surface area contributed by atoms with Crippen molar-refractivity contribution in [2.45, 2.75) is 24.8 Å². The smallest absolute Gasteiger partial charge is 0.241 e. The van der Waals surface area contributed by atoms with Crippen molar-refractivity contribution in [3.05, 3.63) is 95.6 Å². The van der Waals surface area contributed by atoms with E-state index in [1.807, 2.05) is 61.5 Å².